The Labute approximate surface area is 107 Å². The van der Waals surface area contributed by atoms with Gasteiger partial charge in [-0.25, -0.2) is 0 Å². The highest BCUT2D eigenvalue weighted by molar-refractivity contribution is 7.91. The molecule has 0 spiro atoms. The summed E-state index contributed by atoms with van der Waals surface area (Å²) in [5.41, 5.74) is 2.82. The van der Waals surface area contributed by atoms with E-state index in [0.717, 1.165) is 23.4 Å². The highest BCUT2D eigenvalue weighted by atomic mass is 32.2. The molecule has 4 heteroatoms. The lowest BCUT2D eigenvalue weighted by Crippen LogP contribution is -2.26. The van der Waals surface area contributed by atoms with E-state index in [1.54, 1.807) is 6.20 Å². The van der Waals surface area contributed by atoms with E-state index in [2.05, 4.69) is 16.3 Å². The van der Waals surface area contributed by atoms with Crippen molar-refractivity contribution in [3.8, 4) is 0 Å². The summed E-state index contributed by atoms with van der Waals surface area (Å²) >= 11 is -1.21. The van der Waals surface area contributed by atoms with E-state index >= 15 is 0 Å². The van der Waals surface area contributed by atoms with Gasteiger partial charge in [0.25, 0.3) is 0 Å². The van der Waals surface area contributed by atoms with Gasteiger partial charge in [0.2, 0.25) is 0 Å². The third-order valence-corrected chi connectivity index (χ3v) is 3.83. The molecule has 17 heavy (non-hydrogen) atoms. The van der Waals surface area contributed by atoms with Crippen LogP contribution < -0.4 is 0 Å². The maximum atomic E-state index is 11.9. The Bertz CT molecular complexity index is 410. The zero-order valence-corrected chi connectivity index (χ0v) is 12.0. The van der Waals surface area contributed by atoms with Gasteiger partial charge in [0, 0.05) is 17.5 Å². The molecular formula is C13H20N2OS. The van der Waals surface area contributed by atoms with Crippen LogP contribution in [-0.4, -0.2) is 20.0 Å². The molecule has 1 aromatic heterocycles. The third-order valence-electron chi connectivity index (χ3n) is 2.34. The molecule has 0 unspecified atom stereocenters. The van der Waals surface area contributed by atoms with Crippen LogP contribution in [0.15, 0.2) is 22.7 Å². The largest absolute Gasteiger partial charge is 0.591 e. The first-order valence-electron chi connectivity index (χ1n) is 5.77. The topological polar surface area (TPSA) is 48.3 Å². The molecule has 0 radical (unpaired) electrons. The lowest BCUT2D eigenvalue weighted by atomic mass is 10.1. The average molecular weight is 252 g/mol. The van der Waals surface area contributed by atoms with Crippen LogP contribution in [0.3, 0.4) is 0 Å². The van der Waals surface area contributed by atoms with Crippen LogP contribution in [-0.2, 0) is 17.8 Å². The minimum absolute atomic E-state index is 0.318. The monoisotopic (exact) mass is 252 g/mol. The van der Waals surface area contributed by atoms with E-state index in [0.29, 0.717) is 0 Å². The lowest BCUT2D eigenvalue weighted by Gasteiger charge is -2.18. The van der Waals surface area contributed by atoms with Gasteiger partial charge >= 0.3 is 0 Å². The summed E-state index contributed by atoms with van der Waals surface area (Å²) in [5, 5.41) is 0. The fourth-order valence-corrected chi connectivity index (χ4v) is 1.84. The van der Waals surface area contributed by atoms with Crippen LogP contribution in [0.1, 0.15) is 45.9 Å². The Kier molecular flexibility index (Phi) is 4.71. The summed E-state index contributed by atoms with van der Waals surface area (Å²) in [6.45, 7) is 9.71. The van der Waals surface area contributed by atoms with Crippen molar-refractivity contribution in [2.24, 2.45) is 4.40 Å². The molecule has 1 atom stereocenters. The van der Waals surface area contributed by atoms with Crippen molar-refractivity contribution in [2.75, 3.05) is 0 Å². The van der Waals surface area contributed by atoms with Crippen LogP contribution in [0.25, 0.3) is 0 Å². The van der Waals surface area contributed by atoms with E-state index < -0.39 is 11.4 Å². The molecule has 0 aliphatic heterocycles. The molecule has 1 heterocycles. The highest BCUT2D eigenvalue weighted by Gasteiger charge is 2.26. The second kappa shape index (κ2) is 5.65. The Morgan fingerprint density at radius 3 is 2.65 bits per heavy atom. The summed E-state index contributed by atoms with van der Waals surface area (Å²) in [6.07, 6.45) is 2.66. The number of aromatic nitrogens is 1. The van der Waals surface area contributed by atoms with Gasteiger partial charge in [0.05, 0.1) is 5.71 Å². The third kappa shape index (κ3) is 4.13. The number of rotatable bonds is 3. The second-order valence-corrected chi connectivity index (χ2v) is 6.83. The molecule has 0 N–H and O–H groups in total. The van der Waals surface area contributed by atoms with Gasteiger partial charge in [0.15, 0.2) is 0 Å². The minimum Gasteiger partial charge on any atom is -0.591 e. The summed E-state index contributed by atoms with van der Waals surface area (Å²) in [4.78, 5) is 4.24. The summed E-state index contributed by atoms with van der Waals surface area (Å²) in [5.74, 6) is 0. The molecular weight excluding hydrogens is 232 g/mol. The molecule has 0 aliphatic carbocycles. The molecule has 0 amide bonds. The van der Waals surface area contributed by atoms with Crippen LogP contribution in [0, 0.1) is 0 Å². The van der Waals surface area contributed by atoms with Crippen molar-refractivity contribution in [2.45, 2.75) is 45.8 Å². The molecule has 0 saturated carbocycles. The molecule has 0 fully saturated rings. The molecule has 0 bridgehead atoms. The van der Waals surface area contributed by atoms with Crippen LogP contribution in [0.5, 0.6) is 0 Å². The summed E-state index contributed by atoms with van der Waals surface area (Å²) in [7, 11) is 0. The number of nitrogens with zero attached hydrogens (tertiary/aromatic N) is 2. The Balaban J connectivity index is 2.95. The molecule has 94 valence electrons. The predicted octanol–water partition coefficient (Wildman–Crippen LogP) is 2.92. The lowest BCUT2D eigenvalue weighted by molar-refractivity contribution is 0.561. The van der Waals surface area contributed by atoms with Crippen molar-refractivity contribution in [3.63, 3.8) is 0 Å². The van der Waals surface area contributed by atoms with Gasteiger partial charge in [-0.2, -0.15) is 0 Å². The van der Waals surface area contributed by atoms with Crippen LogP contribution in [0.4, 0.5) is 0 Å². The number of pyridine rings is 1. The first kappa shape index (κ1) is 14.2. The number of hydrogen-bond donors (Lipinski definition) is 0. The van der Waals surface area contributed by atoms with E-state index in [9.17, 15) is 4.55 Å². The molecule has 0 saturated heterocycles. The Morgan fingerprint density at radius 2 is 2.12 bits per heavy atom. The SMILES string of the molecule is CCc1cc(/C(C)=N\[S@+]([O-])C(C)(C)C)ccn1. The standard InChI is InChI=1S/C13H20N2OS/c1-6-12-9-11(7-8-14-12)10(2)15-17(16)13(3,4)5/h7-9H,6H2,1-5H3/b15-10-/t17-/m1/s1. The minimum atomic E-state index is -1.21. The second-order valence-electron chi connectivity index (χ2n) is 4.93. The van der Waals surface area contributed by atoms with E-state index in [-0.39, 0.29) is 4.75 Å². The van der Waals surface area contributed by atoms with Gasteiger partial charge in [-0.15, -0.1) is 0 Å². The Hall–Kier alpha value is -0.870. The van der Waals surface area contributed by atoms with Gasteiger partial charge in [-0.3, -0.25) is 4.98 Å². The van der Waals surface area contributed by atoms with Crippen molar-refractivity contribution in [1.82, 2.24) is 4.98 Å². The zero-order chi connectivity index (χ0) is 13.1. The number of aryl methyl sites for hydroxylation is 1. The molecule has 1 aromatic rings. The molecule has 0 aromatic carbocycles. The Morgan fingerprint density at radius 1 is 1.47 bits per heavy atom. The van der Waals surface area contributed by atoms with E-state index in [1.165, 1.54) is 0 Å². The van der Waals surface area contributed by atoms with Crippen molar-refractivity contribution in [3.05, 3.63) is 29.6 Å². The van der Waals surface area contributed by atoms with Gasteiger partial charge in [0.1, 0.15) is 16.1 Å². The maximum absolute atomic E-state index is 11.9. The molecule has 1 rings (SSSR count). The smallest absolute Gasteiger partial charge is 0.144 e. The first-order chi connectivity index (χ1) is 7.84. The normalized spacial score (nSPS) is 14.8. The van der Waals surface area contributed by atoms with Crippen molar-refractivity contribution >= 4 is 17.1 Å². The maximum Gasteiger partial charge on any atom is 0.144 e. The fourth-order valence-electron chi connectivity index (χ4n) is 1.21. The molecule has 0 aliphatic rings. The average Bonchev–Trinajstić information content (AvgIpc) is 2.27. The molecule has 3 nitrogen and oxygen atoms in total. The predicted molar refractivity (Wildman–Crippen MR) is 73.7 cm³/mol. The summed E-state index contributed by atoms with van der Waals surface area (Å²) in [6, 6.07) is 3.90. The first-order valence-corrected chi connectivity index (χ1v) is 6.88. The van der Waals surface area contributed by atoms with Crippen molar-refractivity contribution in [1.29, 1.82) is 0 Å². The van der Waals surface area contributed by atoms with Gasteiger partial charge in [-0.1, -0.05) is 11.3 Å². The fraction of sp³-hybridized carbons (Fsp3) is 0.538. The zero-order valence-electron chi connectivity index (χ0n) is 11.2. The van der Waals surface area contributed by atoms with E-state index in [4.69, 9.17) is 0 Å². The number of hydrogen-bond acceptors (Lipinski definition) is 3. The van der Waals surface area contributed by atoms with Gasteiger partial charge in [-0.05, 0) is 46.2 Å². The van der Waals surface area contributed by atoms with E-state index in [1.807, 2.05) is 39.8 Å². The van der Waals surface area contributed by atoms with Crippen LogP contribution in [0.2, 0.25) is 0 Å². The summed E-state index contributed by atoms with van der Waals surface area (Å²) < 4.78 is 15.8. The van der Waals surface area contributed by atoms with Crippen molar-refractivity contribution < 1.29 is 4.55 Å². The highest BCUT2D eigenvalue weighted by Crippen LogP contribution is 2.18. The van der Waals surface area contributed by atoms with Crippen LogP contribution >= 0.6 is 0 Å². The quantitative estimate of drug-likeness (QED) is 0.613. The van der Waals surface area contributed by atoms with Gasteiger partial charge < -0.3 is 4.55 Å².